The summed E-state index contributed by atoms with van der Waals surface area (Å²) in [5.74, 6) is 0. The van der Waals surface area contributed by atoms with Gasteiger partial charge in [-0.05, 0) is 18.2 Å². The van der Waals surface area contributed by atoms with Crippen LogP contribution in [0.3, 0.4) is 0 Å². The van der Waals surface area contributed by atoms with E-state index in [9.17, 15) is 13.2 Å². The van der Waals surface area contributed by atoms with Crippen molar-refractivity contribution in [3.05, 3.63) is 28.8 Å². The number of rotatable bonds is 2. The minimum Gasteiger partial charge on any atom is -0.370 e. The largest absolute Gasteiger partial charge is 0.416 e. The highest BCUT2D eigenvalue weighted by Crippen LogP contribution is 2.33. The molecule has 78 valence electrons. The monoisotopic (exact) mass is 243 g/mol. The van der Waals surface area contributed by atoms with E-state index in [1.165, 1.54) is 6.07 Å². The van der Waals surface area contributed by atoms with Crippen molar-refractivity contribution in [2.24, 2.45) is 0 Å². The number of nitrogens with one attached hydrogen (secondary N) is 1. The summed E-state index contributed by atoms with van der Waals surface area (Å²) in [6.07, 6.45) is -4.37. The first kappa shape index (κ1) is 11.5. The van der Waals surface area contributed by atoms with Gasteiger partial charge in [-0.15, -0.1) is 11.6 Å². The van der Waals surface area contributed by atoms with Crippen molar-refractivity contribution in [3.63, 3.8) is 0 Å². The molecule has 0 heterocycles. The molecule has 0 aliphatic heterocycles. The molecule has 1 aromatic rings. The Morgan fingerprint density at radius 3 is 2.43 bits per heavy atom. The van der Waals surface area contributed by atoms with Crippen LogP contribution in [0.5, 0.6) is 0 Å². The number of halogens is 5. The van der Waals surface area contributed by atoms with Crippen molar-refractivity contribution < 1.29 is 13.2 Å². The molecule has 6 heteroatoms. The lowest BCUT2D eigenvalue weighted by Gasteiger charge is -2.10. The SMILES string of the molecule is FC(F)(F)c1ccc(Cl)c(NCCl)c1. The average Bonchev–Trinajstić information content (AvgIpc) is 2.07. The minimum absolute atomic E-state index is 0.00102. The second-order valence-corrected chi connectivity index (χ2v) is 3.18. The molecular weight excluding hydrogens is 238 g/mol. The lowest BCUT2D eigenvalue weighted by atomic mass is 10.2. The fraction of sp³-hybridized carbons (Fsp3) is 0.250. The van der Waals surface area contributed by atoms with Crippen LogP contribution in [-0.2, 0) is 6.18 Å². The molecule has 0 aliphatic rings. The first-order valence-corrected chi connectivity index (χ1v) is 4.53. The van der Waals surface area contributed by atoms with E-state index < -0.39 is 11.7 Å². The van der Waals surface area contributed by atoms with Crippen LogP contribution in [0, 0.1) is 0 Å². The summed E-state index contributed by atoms with van der Waals surface area (Å²) in [7, 11) is 0. The fourth-order valence-corrected chi connectivity index (χ4v) is 1.24. The van der Waals surface area contributed by atoms with Crippen LogP contribution in [0.1, 0.15) is 5.56 Å². The normalized spacial score (nSPS) is 11.5. The first-order chi connectivity index (χ1) is 6.45. The Kier molecular flexibility index (Phi) is 3.50. The Bertz CT molecular complexity index is 325. The molecule has 1 N–H and O–H groups in total. The van der Waals surface area contributed by atoms with Crippen molar-refractivity contribution in [2.75, 3.05) is 11.3 Å². The van der Waals surface area contributed by atoms with Crippen LogP contribution in [0.4, 0.5) is 18.9 Å². The van der Waals surface area contributed by atoms with Crippen LogP contribution < -0.4 is 5.32 Å². The van der Waals surface area contributed by atoms with Gasteiger partial charge in [0, 0.05) is 0 Å². The third-order valence-corrected chi connectivity index (χ3v) is 2.01. The van der Waals surface area contributed by atoms with E-state index in [1.807, 2.05) is 0 Å². The smallest absolute Gasteiger partial charge is 0.370 e. The molecule has 0 spiro atoms. The molecule has 0 saturated carbocycles. The van der Waals surface area contributed by atoms with E-state index in [-0.39, 0.29) is 16.7 Å². The molecule has 0 radical (unpaired) electrons. The molecular formula is C8H6Cl2F3N. The average molecular weight is 244 g/mol. The second kappa shape index (κ2) is 4.28. The lowest BCUT2D eigenvalue weighted by Crippen LogP contribution is -2.06. The third-order valence-electron chi connectivity index (χ3n) is 1.55. The van der Waals surface area contributed by atoms with Gasteiger partial charge in [0.25, 0.3) is 0 Å². The molecule has 1 aromatic carbocycles. The predicted molar refractivity (Wildman–Crippen MR) is 50.8 cm³/mol. The highest BCUT2D eigenvalue weighted by atomic mass is 35.5. The molecule has 0 atom stereocenters. The van der Waals surface area contributed by atoms with Crippen LogP contribution in [-0.4, -0.2) is 6.00 Å². The molecule has 14 heavy (non-hydrogen) atoms. The Morgan fingerprint density at radius 1 is 1.29 bits per heavy atom. The van der Waals surface area contributed by atoms with Gasteiger partial charge in [0.1, 0.15) is 0 Å². The first-order valence-electron chi connectivity index (χ1n) is 3.61. The Morgan fingerprint density at radius 2 is 1.93 bits per heavy atom. The highest BCUT2D eigenvalue weighted by Gasteiger charge is 2.30. The summed E-state index contributed by atoms with van der Waals surface area (Å²) in [6, 6.07) is 3.02. The van der Waals surface area contributed by atoms with Crippen LogP contribution in [0.15, 0.2) is 18.2 Å². The summed E-state index contributed by atoms with van der Waals surface area (Å²) < 4.78 is 36.7. The molecule has 0 unspecified atom stereocenters. The maximum atomic E-state index is 12.2. The van der Waals surface area contributed by atoms with Gasteiger partial charge < -0.3 is 5.32 Å². The quantitative estimate of drug-likeness (QED) is 0.613. The number of anilines is 1. The van der Waals surface area contributed by atoms with Crippen molar-refractivity contribution in [1.29, 1.82) is 0 Å². The van der Waals surface area contributed by atoms with Gasteiger partial charge in [0.2, 0.25) is 0 Å². The topological polar surface area (TPSA) is 12.0 Å². The zero-order valence-electron chi connectivity index (χ0n) is 6.83. The van der Waals surface area contributed by atoms with Crippen molar-refractivity contribution >= 4 is 28.9 Å². The summed E-state index contributed by atoms with van der Waals surface area (Å²) in [5.41, 5.74) is -0.578. The van der Waals surface area contributed by atoms with E-state index in [0.29, 0.717) is 0 Å². The van der Waals surface area contributed by atoms with Crippen LogP contribution >= 0.6 is 23.2 Å². The van der Waals surface area contributed by atoms with E-state index >= 15 is 0 Å². The van der Waals surface area contributed by atoms with Crippen molar-refractivity contribution in [3.8, 4) is 0 Å². The Balaban J connectivity index is 3.06. The minimum atomic E-state index is -4.37. The molecule has 1 nitrogen and oxygen atoms in total. The van der Waals surface area contributed by atoms with Gasteiger partial charge in [-0.25, -0.2) is 0 Å². The summed E-state index contributed by atoms with van der Waals surface area (Å²) in [4.78, 5) is 0. The van der Waals surface area contributed by atoms with E-state index in [4.69, 9.17) is 23.2 Å². The summed E-state index contributed by atoms with van der Waals surface area (Å²) in [6.45, 7) is 0. The van der Waals surface area contributed by atoms with E-state index in [2.05, 4.69) is 5.32 Å². The second-order valence-electron chi connectivity index (χ2n) is 2.50. The molecule has 0 aromatic heterocycles. The van der Waals surface area contributed by atoms with Gasteiger partial charge in [0.05, 0.1) is 22.3 Å². The van der Waals surface area contributed by atoms with E-state index in [1.54, 1.807) is 0 Å². The lowest BCUT2D eigenvalue weighted by molar-refractivity contribution is -0.137. The predicted octanol–water partition coefficient (Wildman–Crippen LogP) is 3.97. The maximum Gasteiger partial charge on any atom is 0.416 e. The molecule has 0 aliphatic carbocycles. The summed E-state index contributed by atoms with van der Waals surface area (Å²) >= 11 is 11.0. The van der Waals surface area contributed by atoms with Gasteiger partial charge in [-0.2, -0.15) is 13.2 Å². The highest BCUT2D eigenvalue weighted by molar-refractivity contribution is 6.33. The molecule has 0 saturated heterocycles. The van der Waals surface area contributed by atoms with E-state index in [0.717, 1.165) is 12.1 Å². The number of benzene rings is 1. The third kappa shape index (κ3) is 2.69. The van der Waals surface area contributed by atoms with Crippen LogP contribution in [0.2, 0.25) is 5.02 Å². The molecule has 1 rings (SSSR count). The number of alkyl halides is 4. The Labute approximate surface area is 88.8 Å². The summed E-state index contributed by atoms with van der Waals surface area (Å²) in [5, 5.41) is 2.73. The zero-order valence-corrected chi connectivity index (χ0v) is 8.34. The number of hydrogen-bond acceptors (Lipinski definition) is 1. The molecule has 0 bridgehead atoms. The molecule has 0 amide bonds. The zero-order chi connectivity index (χ0) is 10.8. The van der Waals surface area contributed by atoms with Gasteiger partial charge in [-0.3, -0.25) is 0 Å². The number of hydrogen-bond donors (Lipinski definition) is 1. The van der Waals surface area contributed by atoms with Gasteiger partial charge >= 0.3 is 6.18 Å². The molecule has 0 fully saturated rings. The maximum absolute atomic E-state index is 12.2. The fourth-order valence-electron chi connectivity index (χ4n) is 0.909. The standard InChI is InChI=1S/C8H6Cl2F3N/c9-4-14-7-3-5(8(11,12)13)1-2-6(7)10/h1-3,14H,4H2. The Hall–Kier alpha value is -0.610. The van der Waals surface area contributed by atoms with Crippen molar-refractivity contribution in [2.45, 2.75) is 6.18 Å². The van der Waals surface area contributed by atoms with Crippen molar-refractivity contribution in [1.82, 2.24) is 0 Å². The van der Waals surface area contributed by atoms with Crippen LogP contribution in [0.25, 0.3) is 0 Å². The van der Waals surface area contributed by atoms with Gasteiger partial charge in [0.15, 0.2) is 0 Å². The van der Waals surface area contributed by atoms with Gasteiger partial charge in [-0.1, -0.05) is 11.6 Å².